The fourth-order valence-corrected chi connectivity index (χ4v) is 2.41. The maximum absolute atomic E-state index is 5.82. The molecule has 0 atom stereocenters. The van der Waals surface area contributed by atoms with Gasteiger partial charge in [-0.1, -0.05) is 35.0 Å². The molecule has 0 saturated heterocycles. The van der Waals surface area contributed by atoms with Crippen LogP contribution in [-0.4, -0.2) is 4.98 Å². The highest BCUT2D eigenvalue weighted by Crippen LogP contribution is 2.29. The lowest BCUT2D eigenvalue weighted by Gasteiger charge is -2.02. The predicted octanol–water partition coefficient (Wildman–Crippen LogP) is 4.12. The lowest BCUT2D eigenvalue weighted by molar-refractivity contribution is 1.14. The van der Waals surface area contributed by atoms with E-state index in [1.165, 1.54) is 11.8 Å². The molecule has 1 heterocycles. The van der Waals surface area contributed by atoms with Crippen LogP contribution in [0.4, 0.5) is 5.69 Å². The number of halogens is 2. The van der Waals surface area contributed by atoms with E-state index in [-0.39, 0.29) is 0 Å². The van der Waals surface area contributed by atoms with Crippen molar-refractivity contribution in [2.75, 3.05) is 5.73 Å². The molecule has 0 amide bonds. The average molecular weight is 271 g/mol. The summed E-state index contributed by atoms with van der Waals surface area (Å²) in [5.74, 6) is 0. The second-order valence-electron chi connectivity index (χ2n) is 3.12. The van der Waals surface area contributed by atoms with E-state index in [0.717, 1.165) is 9.92 Å². The molecule has 2 aromatic rings. The molecule has 5 heteroatoms. The fraction of sp³-hybridized carbons (Fsp3) is 0. The van der Waals surface area contributed by atoms with Crippen molar-refractivity contribution in [3.8, 4) is 0 Å². The highest BCUT2D eigenvalue weighted by molar-refractivity contribution is 7.99. The Bertz CT molecular complexity index is 480. The molecular formula is C11H8Cl2N2S. The molecule has 0 unspecified atom stereocenters. The number of aromatic nitrogens is 1. The highest BCUT2D eigenvalue weighted by Gasteiger charge is 2.02. The minimum absolute atomic E-state index is 0.400. The van der Waals surface area contributed by atoms with Gasteiger partial charge in [0.1, 0.15) is 10.2 Å². The quantitative estimate of drug-likeness (QED) is 0.835. The predicted molar refractivity (Wildman–Crippen MR) is 69.2 cm³/mol. The molecule has 0 bridgehead atoms. The Hall–Kier alpha value is -0.900. The Labute approximate surface area is 108 Å². The van der Waals surface area contributed by atoms with E-state index in [9.17, 15) is 0 Å². The van der Waals surface area contributed by atoms with Gasteiger partial charge in [0.15, 0.2) is 0 Å². The summed E-state index contributed by atoms with van der Waals surface area (Å²) in [5.41, 5.74) is 6.29. The molecule has 0 saturated carbocycles. The first-order valence-corrected chi connectivity index (χ1v) is 6.07. The highest BCUT2D eigenvalue weighted by atomic mass is 35.5. The lowest BCUT2D eigenvalue weighted by atomic mass is 10.4. The minimum atomic E-state index is 0.400. The maximum atomic E-state index is 5.82. The summed E-state index contributed by atoms with van der Waals surface area (Å²) in [6, 6.07) is 10.9. The van der Waals surface area contributed by atoms with Crippen molar-refractivity contribution in [1.82, 2.24) is 4.98 Å². The van der Waals surface area contributed by atoms with Gasteiger partial charge in [-0.3, -0.25) is 0 Å². The molecule has 0 fully saturated rings. The van der Waals surface area contributed by atoms with E-state index in [4.69, 9.17) is 28.9 Å². The average Bonchev–Trinajstić information content (AvgIpc) is 2.20. The van der Waals surface area contributed by atoms with Gasteiger partial charge < -0.3 is 5.73 Å². The van der Waals surface area contributed by atoms with Crippen molar-refractivity contribution in [3.63, 3.8) is 0 Å². The molecule has 1 aromatic carbocycles. The van der Waals surface area contributed by atoms with Crippen LogP contribution in [0.25, 0.3) is 0 Å². The Balaban J connectivity index is 2.23. The van der Waals surface area contributed by atoms with Crippen molar-refractivity contribution >= 4 is 40.7 Å². The van der Waals surface area contributed by atoms with Crippen LogP contribution in [0.1, 0.15) is 0 Å². The first kappa shape index (κ1) is 11.6. The zero-order valence-electron chi connectivity index (χ0n) is 8.15. The SMILES string of the molecule is Nc1cc(Cl)nc(Sc2ccc(Cl)cc2)c1. The van der Waals surface area contributed by atoms with Crippen LogP contribution in [0.2, 0.25) is 10.2 Å². The second-order valence-corrected chi connectivity index (χ2v) is 5.03. The van der Waals surface area contributed by atoms with Crippen LogP contribution in [0.3, 0.4) is 0 Å². The number of nitrogen functional groups attached to an aromatic ring is 1. The summed E-state index contributed by atoms with van der Waals surface area (Å²) < 4.78 is 0. The topological polar surface area (TPSA) is 38.9 Å². The van der Waals surface area contributed by atoms with Crippen molar-refractivity contribution in [1.29, 1.82) is 0 Å². The van der Waals surface area contributed by atoms with E-state index in [1.807, 2.05) is 24.3 Å². The van der Waals surface area contributed by atoms with Crippen molar-refractivity contribution in [2.24, 2.45) is 0 Å². The molecule has 16 heavy (non-hydrogen) atoms. The van der Waals surface area contributed by atoms with Gasteiger partial charge in [0.25, 0.3) is 0 Å². The zero-order valence-corrected chi connectivity index (χ0v) is 10.5. The van der Waals surface area contributed by atoms with E-state index in [2.05, 4.69) is 4.98 Å². The molecule has 0 aliphatic heterocycles. The first-order chi connectivity index (χ1) is 7.63. The second kappa shape index (κ2) is 4.95. The number of hydrogen-bond donors (Lipinski definition) is 1. The Kier molecular flexibility index (Phi) is 3.59. The smallest absolute Gasteiger partial charge is 0.132 e. The van der Waals surface area contributed by atoms with Crippen LogP contribution >= 0.6 is 35.0 Å². The van der Waals surface area contributed by atoms with E-state index in [0.29, 0.717) is 15.9 Å². The van der Waals surface area contributed by atoms with Gasteiger partial charge in [-0.25, -0.2) is 4.98 Å². The summed E-state index contributed by atoms with van der Waals surface area (Å²) in [6.45, 7) is 0. The Morgan fingerprint density at radius 3 is 2.38 bits per heavy atom. The van der Waals surface area contributed by atoms with Gasteiger partial charge >= 0.3 is 0 Å². The first-order valence-electron chi connectivity index (χ1n) is 4.50. The molecule has 0 radical (unpaired) electrons. The summed E-state index contributed by atoms with van der Waals surface area (Å²) in [7, 11) is 0. The number of hydrogen-bond acceptors (Lipinski definition) is 3. The summed E-state index contributed by atoms with van der Waals surface area (Å²) >= 11 is 13.1. The van der Waals surface area contributed by atoms with Gasteiger partial charge in [0.05, 0.1) is 0 Å². The largest absolute Gasteiger partial charge is 0.399 e. The third-order valence-electron chi connectivity index (χ3n) is 1.83. The third-order valence-corrected chi connectivity index (χ3v) is 3.20. The van der Waals surface area contributed by atoms with Gasteiger partial charge in [-0.05, 0) is 36.4 Å². The van der Waals surface area contributed by atoms with Gasteiger partial charge in [-0.2, -0.15) is 0 Å². The summed E-state index contributed by atoms with van der Waals surface area (Å²) in [6.07, 6.45) is 0. The Morgan fingerprint density at radius 2 is 1.75 bits per heavy atom. The zero-order chi connectivity index (χ0) is 11.5. The van der Waals surface area contributed by atoms with Crippen LogP contribution < -0.4 is 5.73 Å². The number of nitrogens with two attached hydrogens (primary N) is 1. The van der Waals surface area contributed by atoms with Crippen LogP contribution in [0.15, 0.2) is 46.3 Å². The molecule has 82 valence electrons. The summed E-state index contributed by atoms with van der Waals surface area (Å²) in [5, 5.41) is 1.88. The fourth-order valence-electron chi connectivity index (χ4n) is 1.17. The van der Waals surface area contributed by atoms with Crippen molar-refractivity contribution < 1.29 is 0 Å². The molecule has 1 aromatic heterocycles. The van der Waals surface area contributed by atoms with E-state index < -0.39 is 0 Å². The Morgan fingerprint density at radius 1 is 1.06 bits per heavy atom. The number of benzene rings is 1. The number of rotatable bonds is 2. The number of nitrogens with zero attached hydrogens (tertiary/aromatic N) is 1. The van der Waals surface area contributed by atoms with E-state index in [1.54, 1.807) is 12.1 Å². The van der Waals surface area contributed by atoms with Gasteiger partial charge in [-0.15, -0.1) is 0 Å². The molecule has 0 aliphatic carbocycles. The van der Waals surface area contributed by atoms with Crippen molar-refractivity contribution in [2.45, 2.75) is 9.92 Å². The maximum Gasteiger partial charge on any atom is 0.132 e. The van der Waals surface area contributed by atoms with Crippen LogP contribution in [-0.2, 0) is 0 Å². The van der Waals surface area contributed by atoms with E-state index >= 15 is 0 Å². The van der Waals surface area contributed by atoms with Crippen LogP contribution in [0.5, 0.6) is 0 Å². The monoisotopic (exact) mass is 270 g/mol. The molecule has 2 N–H and O–H groups in total. The standard InChI is InChI=1S/C11H8Cl2N2S/c12-7-1-3-9(4-2-7)16-11-6-8(14)5-10(13)15-11/h1-6H,(H2,14,15). The lowest BCUT2D eigenvalue weighted by Crippen LogP contribution is -1.88. The molecule has 0 spiro atoms. The van der Waals surface area contributed by atoms with Gasteiger partial charge in [0.2, 0.25) is 0 Å². The van der Waals surface area contributed by atoms with Crippen molar-refractivity contribution in [3.05, 3.63) is 46.6 Å². The minimum Gasteiger partial charge on any atom is -0.399 e. The number of anilines is 1. The molecule has 2 rings (SSSR count). The normalized spacial score (nSPS) is 10.4. The third kappa shape index (κ3) is 3.04. The number of pyridine rings is 1. The molecule has 2 nitrogen and oxygen atoms in total. The van der Waals surface area contributed by atoms with Crippen LogP contribution in [0, 0.1) is 0 Å². The molecular weight excluding hydrogens is 263 g/mol. The molecule has 0 aliphatic rings. The van der Waals surface area contributed by atoms with Gasteiger partial charge in [0, 0.05) is 15.6 Å². The summed E-state index contributed by atoms with van der Waals surface area (Å²) in [4.78, 5) is 5.21.